The number of carbonyl (C=O) groups is 3. The van der Waals surface area contributed by atoms with Gasteiger partial charge in [-0.3, -0.25) is 4.79 Å². The molecule has 4 N–H and O–H groups in total. The van der Waals surface area contributed by atoms with E-state index in [1.807, 2.05) is 6.07 Å². The van der Waals surface area contributed by atoms with Crippen molar-refractivity contribution in [1.82, 2.24) is 10.6 Å². The Labute approximate surface area is 175 Å². The highest BCUT2D eigenvalue weighted by Crippen LogP contribution is 2.08. The molecule has 30 heavy (non-hydrogen) atoms. The van der Waals surface area contributed by atoms with Gasteiger partial charge in [0.25, 0.3) is 0 Å². The van der Waals surface area contributed by atoms with Gasteiger partial charge >= 0.3 is 12.1 Å². The highest BCUT2D eigenvalue weighted by Gasteiger charge is 2.26. The zero-order valence-corrected chi connectivity index (χ0v) is 17.2. The maximum Gasteiger partial charge on any atom is 0.408 e. The molecule has 10 nitrogen and oxygen atoms in total. The number of carboxylic acids is 1. The van der Waals surface area contributed by atoms with Gasteiger partial charge in [-0.2, -0.15) is 0 Å². The number of alkyl carbamates (subject to hydrolysis) is 1. The molecule has 1 aromatic carbocycles. The van der Waals surface area contributed by atoms with Gasteiger partial charge in [0.1, 0.15) is 18.7 Å². The van der Waals surface area contributed by atoms with Crippen LogP contribution in [-0.4, -0.2) is 67.4 Å². The SMILES string of the molecule is COC(CCCC(NC(=O)C(CCO)NC(=O)OCc1ccccc1)C(=O)O)OC. The fraction of sp³-hybridized carbons (Fsp3) is 0.550. The van der Waals surface area contributed by atoms with E-state index >= 15 is 0 Å². The fourth-order valence-electron chi connectivity index (χ4n) is 2.66. The number of ether oxygens (including phenoxy) is 3. The second-order valence-corrected chi connectivity index (χ2v) is 6.50. The van der Waals surface area contributed by atoms with E-state index in [4.69, 9.17) is 14.2 Å². The molecule has 0 aliphatic heterocycles. The zero-order valence-electron chi connectivity index (χ0n) is 17.2. The van der Waals surface area contributed by atoms with Gasteiger partial charge in [-0.1, -0.05) is 30.3 Å². The molecule has 0 aliphatic rings. The Bertz CT molecular complexity index is 651. The number of carboxylic acid groups (broad SMARTS) is 1. The van der Waals surface area contributed by atoms with Crippen LogP contribution in [0, 0.1) is 0 Å². The fourth-order valence-corrected chi connectivity index (χ4v) is 2.66. The number of hydrogen-bond acceptors (Lipinski definition) is 7. The molecule has 10 heteroatoms. The molecule has 0 fully saturated rings. The zero-order chi connectivity index (χ0) is 22.4. The molecule has 2 amide bonds. The summed E-state index contributed by atoms with van der Waals surface area (Å²) in [6, 6.07) is 6.69. The quantitative estimate of drug-likeness (QED) is 0.323. The molecule has 1 aromatic rings. The number of amides is 2. The first kappa shape index (κ1) is 25.3. The Kier molecular flexibility index (Phi) is 12.1. The van der Waals surface area contributed by atoms with Gasteiger partial charge in [0.2, 0.25) is 5.91 Å². The third-order valence-corrected chi connectivity index (χ3v) is 4.31. The van der Waals surface area contributed by atoms with E-state index in [2.05, 4.69) is 10.6 Å². The van der Waals surface area contributed by atoms with E-state index in [0.29, 0.717) is 12.8 Å². The average Bonchev–Trinajstić information content (AvgIpc) is 2.74. The Hall–Kier alpha value is -2.69. The van der Waals surface area contributed by atoms with Crippen LogP contribution >= 0.6 is 0 Å². The lowest BCUT2D eigenvalue weighted by atomic mass is 10.1. The number of carbonyl (C=O) groups excluding carboxylic acids is 2. The summed E-state index contributed by atoms with van der Waals surface area (Å²) in [4.78, 5) is 35.9. The summed E-state index contributed by atoms with van der Waals surface area (Å²) < 4.78 is 15.2. The minimum Gasteiger partial charge on any atom is -0.480 e. The number of benzene rings is 1. The van der Waals surface area contributed by atoms with E-state index in [0.717, 1.165) is 5.56 Å². The first-order chi connectivity index (χ1) is 14.4. The summed E-state index contributed by atoms with van der Waals surface area (Å²) in [5.74, 6) is -1.92. The van der Waals surface area contributed by atoms with E-state index < -0.39 is 36.3 Å². The van der Waals surface area contributed by atoms with Gasteiger partial charge in [-0.25, -0.2) is 9.59 Å². The van der Waals surface area contributed by atoms with Crippen molar-refractivity contribution in [3.05, 3.63) is 35.9 Å². The van der Waals surface area contributed by atoms with Crippen LogP contribution in [0.3, 0.4) is 0 Å². The van der Waals surface area contributed by atoms with Gasteiger partial charge in [-0.05, 0) is 31.2 Å². The van der Waals surface area contributed by atoms with Crippen LogP contribution in [0.1, 0.15) is 31.2 Å². The first-order valence-corrected chi connectivity index (χ1v) is 9.58. The van der Waals surface area contributed by atoms with Crippen molar-refractivity contribution >= 4 is 18.0 Å². The Morgan fingerprint density at radius 2 is 1.63 bits per heavy atom. The molecule has 0 aromatic heterocycles. The summed E-state index contributed by atoms with van der Waals surface area (Å²) >= 11 is 0. The van der Waals surface area contributed by atoms with Crippen LogP contribution in [0.2, 0.25) is 0 Å². The summed E-state index contributed by atoms with van der Waals surface area (Å²) in [6.07, 6.45) is -0.360. The van der Waals surface area contributed by atoms with Crippen molar-refractivity contribution in [2.75, 3.05) is 20.8 Å². The Balaban J connectivity index is 2.57. The summed E-state index contributed by atoms with van der Waals surface area (Å²) in [5, 5.41) is 23.3. The van der Waals surface area contributed by atoms with E-state index in [9.17, 15) is 24.6 Å². The van der Waals surface area contributed by atoms with Crippen LogP contribution in [-0.2, 0) is 30.4 Å². The molecule has 1 rings (SSSR count). The van der Waals surface area contributed by atoms with Crippen molar-refractivity contribution in [1.29, 1.82) is 0 Å². The predicted molar refractivity (Wildman–Crippen MR) is 106 cm³/mol. The maximum atomic E-state index is 12.5. The van der Waals surface area contributed by atoms with Gasteiger partial charge < -0.3 is 35.1 Å². The smallest absolute Gasteiger partial charge is 0.408 e. The van der Waals surface area contributed by atoms with Crippen molar-refractivity contribution in [2.45, 2.75) is 50.7 Å². The maximum absolute atomic E-state index is 12.5. The van der Waals surface area contributed by atoms with Crippen LogP contribution in [0.5, 0.6) is 0 Å². The second kappa shape index (κ2) is 14.3. The summed E-state index contributed by atoms with van der Waals surface area (Å²) in [5.41, 5.74) is 0.771. The highest BCUT2D eigenvalue weighted by atomic mass is 16.7. The number of hydrogen-bond donors (Lipinski definition) is 4. The lowest BCUT2D eigenvalue weighted by Crippen LogP contribution is -2.52. The molecule has 0 heterocycles. The normalized spacial score (nSPS) is 12.8. The molecule has 2 atom stereocenters. The van der Waals surface area contributed by atoms with Gasteiger partial charge in [-0.15, -0.1) is 0 Å². The lowest BCUT2D eigenvalue weighted by Gasteiger charge is -2.21. The third kappa shape index (κ3) is 9.68. The largest absolute Gasteiger partial charge is 0.480 e. The highest BCUT2D eigenvalue weighted by molar-refractivity contribution is 5.89. The molecule has 0 saturated carbocycles. The van der Waals surface area contributed by atoms with Crippen molar-refractivity contribution < 1.29 is 38.8 Å². The number of aliphatic hydroxyl groups is 1. The number of methoxy groups -OCH3 is 2. The molecule has 0 spiro atoms. The van der Waals surface area contributed by atoms with E-state index in [1.54, 1.807) is 24.3 Å². The number of aliphatic carboxylic acids is 1. The monoisotopic (exact) mass is 426 g/mol. The van der Waals surface area contributed by atoms with Crippen molar-refractivity contribution in [3.63, 3.8) is 0 Å². The standard InChI is InChI=1S/C20H30N2O8/c1-28-17(29-2)10-6-9-16(19(25)26)21-18(24)15(11-12-23)22-20(27)30-13-14-7-4-3-5-8-14/h3-5,7-8,15-17,23H,6,9-13H2,1-2H3,(H,21,24)(H,22,27)(H,25,26). The summed E-state index contributed by atoms with van der Waals surface area (Å²) in [6.45, 7) is -0.365. The average molecular weight is 426 g/mol. The molecular formula is C20H30N2O8. The number of rotatable bonds is 14. The Morgan fingerprint density at radius 3 is 2.20 bits per heavy atom. The predicted octanol–water partition coefficient (Wildman–Crippen LogP) is 1.02. The molecule has 168 valence electrons. The molecular weight excluding hydrogens is 396 g/mol. The molecule has 0 radical (unpaired) electrons. The number of aliphatic hydroxyl groups excluding tert-OH is 1. The third-order valence-electron chi connectivity index (χ3n) is 4.31. The van der Waals surface area contributed by atoms with Gasteiger partial charge in [0.15, 0.2) is 6.29 Å². The van der Waals surface area contributed by atoms with Crippen LogP contribution in [0.15, 0.2) is 30.3 Å². The van der Waals surface area contributed by atoms with Crippen LogP contribution < -0.4 is 10.6 Å². The molecule has 0 bridgehead atoms. The summed E-state index contributed by atoms with van der Waals surface area (Å²) in [7, 11) is 2.96. The molecule has 2 unspecified atom stereocenters. The minimum absolute atomic E-state index is 0.0120. The Morgan fingerprint density at radius 1 is 0.967 bits per heavy atom. The van der Waals surface area contributed by atoms with Crippen LogP contribution in [0.25, 0.3) is 0 Å². The van der Waals surface area contributed by atoms with Crippen LogP contribution in [0.4, 0.5) is 4.79 Å². The molecule has 0 aliphatic carbocycles. The topological polar surface area (TPSA) is 143 Å². The van der Waals surface area contributed by atoms with Gasteiger partial charge in [0.05, 0.1) is 0 Å². The van der Waals surface area contributed by atoms with Crippen molar-refractivity contribution in [3.8, 4) is 0 Å². The number of nitrogens with one attached hydrogen (secondary N) is 2. The molecule has 0 saturated heterocycles. The van der Waals surface area contributed by atoms with E-state index in [-0.39, 0.29) is 26.1 Å². The second-order valence-electron chi connectivity index (χ2n) is 6.50. The van der Waals surface area contributed by atoms with Crippen molar-refractivity contribution in [2.24, 2.45) is 0 Å². The first-order valence-electron chi connectivity index (χ1n) is 9.58. The van der Waals surface area contributed by atoms with E-state index in [1.165, 1.54) is 14.2 Å². The lowest BCUT2D eigenvalue weighted by molar-refractivity contribution is -0.142. The minimum atomic E-state index is -1.20. The van der Waals surface area contributed by atoms with Gasteiger partial charge in [0, 0.05) is 20.8 Å².